The molecule has 60 heavy (non-hydrogen) atoms. The summed E-state index contributed by atoms with van der Waals surface area (Å²) in [5, 5.41) is 13.1. The molecule has 2 amide bonds. The summed E-state index contributed by atoms with van der Waals surface area (Å²) in [5.41, 5.74) is -1.94. The zero-order valence-corrected chi connectivity index (χ0v) is 33.0. The van der Waals surface area contributed by atoms with E-state index >= 15 is 13.2 Å². The van der Waals surface area contributed by atoms with Gasteiger partial charge in [-0.05, 0) is 73.7 Å². The van der Waals surface area contributed by atoms with Crippen LogP contribution in [-0.2, 0) is 15.9 Å². The lowest BCUT2D eigenvalue weighted by Crippen LogP contribution is -2.60. The van der Waals surface area contributed by atoms with E-state index in [-0.39, 0.29) is 137 Å². The number of amides is 2. The molecule has 6 aliphatic rings. The van der Waals surface area contributed by atoms with Gasteiger partial charge in [0.25, 0.3) is 0 Å². The van der Waals surface area contributed by atoms with Crippen molar-refractivity contribution in [2.24, 2.45) is 5.92 Å². The van der Waals surface area contributed by atoms with Crippen LogP contribution >= 0.6 is 0 Å². The highest BCUT2D eigenvalue weighted by atomic mass is 19.1. The number of benzene rings is 2. The Morgan fingerprint density at radius 2 is 1.95 bits per heavy atom. The SMILES string of the molecule is C[C@@]12C[C@@H](F)CN(C1)c1nc(OC[C@@]34CCCN3C[C@H](F)C4)nc3c(F)c(ncc13)-c1cc(OC(=O)N3CCOCC(C#N)C3)cc3ccc(F)c(c13)CCCOC(=O)N2.[HH]. The molecule has 4 saturated heterocycles. The van der Waals surface area contributed by atoms with Crippen molar-refractivity contribution in [3.8, 4) is 29.1 Å². The number of pyridine rings is 1. The van der Waals surface area contributed by atoms with Gasteiger partial charge in [0.1, 0.15) is 47.5 Å². The molecule has 1 unspecified atom stereocenters. The summed E-state index contributed by atoms with van der Waals surface area (Å²) in [7, 11) is 0. The van der Waals surface area contributed by atoms with E-state index in [1.807, 2.05) is 0 Å². The molecule has 10 rings (SSSR count). The van der Waals surface area contributed by atoms with Crippen LogP contribution < -0.4 is 19.7 Å². The van der Waals surface area contributed by atoms with Crippen molar-refractivity contribution in [2.75, 3.05) is 70.6 Å². The third-order valence-corrected chi connectivity index (χ3v) is 12.3. The number of piperidine rings is 1. The second kappa shape index (κ2) is 15.8. The molecule has 0 saturated carbocycles. The maximum atomic E-state index is 17.6. The molecule has 6 bridgehead atoms. The van der Waals surface area contributed by atoms with E-state index in [1.54, 1.807) is 11.8 Å². The number of nitrogens with zero attached hydrogens (tertiary/aromatic N) is 7. The Balaban J connectivity index is 0.00000514. The van der Waals surface area contributed by atoms with Crippen LogP contribution in [0.15, 0.2) is 30.5 Å². The average molecular weight is 835 g/mol. The van der Waals surface area contributed by atoms with Gasteiger partial charge in [0.15, 0.2) is 5.82 Å². The molecule has 18 heteroatoms. The summed E-state index contributed by atoms with van der Waals surface area (Å²) in [6.45, 7) is 3.13. The third-order valence-electron chi connectivity index (χ3n) is 12.3. The Hall–Kier alpha value is -5.54. The molecule has 4 aromatic rings. The van der Waals surface area contributed by atoms with E-state index in [1.165, 1.54) is 35.4 Å². The highest BCUT2D eigenvalue weighted by molar-refractivity contribution is 6.02. The molecule has 0 radical (unpaired) electrons. The molecule has 4 fully saturated rings. The molecule has 2 aromatic carbocycles. The van der Waals surface area contributed by atoms with Crippen LogP contribution in [-0.4, -0.2) is 126 Å². The molecular formula is C42H46F4N8O6. The number of carbonyl (C=O) groups excluding carboxylic acids is 2. The van der Waals surface area contributed by atoms with Gasteiger partial charge in [-0.15, -0.1) is 0 Å². The fraction of sp³-hybridized carbons (Fsp3) is 0.524. The maximum absolute atomic E-state index is 17.6. The van der Waals surface area contributed by atoms with Gasteiger partial charge >= 0.3 is 18.2 Å². The van der Waals surface area contributed by atoms with Crippen molar-refractivity contribution in [2.45, 2.75) is 68.9 Å². The molecule has 0 aliphatic carbocycles. The fourth-order valence-electron chi connectivity index (χ4n) is 9.65. The monoisotopic (exact) mass is 834 g/mol. The molecule has 0 spiro atoms. The molecular weight excluding hydrogens is 789 g/mol. The Morgan fingerprint density at radius 1 is 1.10 bits per heavy atom. The van der Waals surface area contributed by atoms with Crippen molar-refractivity contribution in [1.82, 2.24) is 30.1 Å². The average Bonchev–Trinajstić information content (AvgIpc) is 3.62. The molecule has 8 heterocycles. The molecule has 318 valence electrons. The Labute approximate surface area is 344 Å². The van der Waals surface area contributed by atoms with Crippen LogP contribution in [0.4, 0.5) is 33.0 Å². The van der Waals surface area contributed by atoms with Crippen LogP contribution in [0.25, 0.3) is 32.9 Å². The number of alkyl carbamates (subject to hydrolysis) is 1. The summed E-state index contributed by atoms with van der Waals surface area (Å²) < 4.78 is 87.0. The van der Waals surface area contributed by atoms with Gasteiger partial charge in [0, 0.05) is 52.2 Å². The molecule has 5 atom stereocenters. The van der Waals surface area contributed by atoms with Crippen molar-refractivity contribution >= 4 is 39.7 Å². The largest absolute Gasteiger partial charge is 0.461 e. The standard InChI is InChI=1S/C42H44F4N8O6.H2/c1-41-14-26(43)19-53(22-41)37-31-17-48-35(34(46)36(31)49-38(50-37)59-23-42-7-3-8-54(42)20-27(44)15-42)30-13-28(60-40(56)52-9-11-57-21-24(16-47)18-52)12-25-5-6-32(45)29(33(25)30)4-2-10-58-39(55)51-41;/h5-6,12-13,17,24,26-27H,2-4,7-11,14-15,18-23H2,1H3,(H,51,55);1H/t24?,26-,27-,41-,42+;/m1./s1. The van der Waals surface area contributed by atoms with Gasteiger partial charge in [-0.3, -0.25) is 9.88 Å². The van der Waals surface area contributed by atoms with Crippen molar-refractivity contribution in [3.63, 3.8) is 0 Å². The lowest BCUT2D eigenvalue weighted by atomic mass is 9.90. The van der Waals surface area contributed by atoms with Crippen molar-refractivity contribution < 1.29 is 47.5 Å². The van der Waals surface area contributed by atoms with E-state index in [2.05, 4.69) is 26.3 Å². The minimum absolute atomic E-state index is 0. The number of rotatable bonds is 4. The van der Waals surface area contributed by atoms with E-state index in [4.69, 9.17) is 23.9 Å². The number of anilines is 1. The predicted molar refractivity (Wildman–Crippen MR) is 211 cm³/mol. The summed E-state index contributed by atoms with van der Waals surface area (Å²) >= 11 is 0. The zero-order chi connectivity index (χ0) is 41.8. The van der Waals surface area contributed by atoms with E-state index in [0.717, 1.165) is 6.42 Å². The summed E-state index contributed by atoms with van der Waals surface area (Å²) in [6, 6.07) is 7.58. The minimum Gasteiger partial charge on any atom is -0.461 e. The summed E-state index contributed by atoms with van der Waals surface area (Å²) in [6.07, 6.45) is -0.627. The first kappa shape index (κ1) is 39.9. The number of nitriles is 1. The second-order valence-corrected chi connectivity index (χ2v) is 16.8. The zero-order valence-electron chi connectivity index (χ0n) is 33.0. The van der Waals surface area contributed by atoms with E-state index in [9.17, 15) is 19.2 Å². The van der Waals surface area contributed by atoms with Crippen LogP contribution in [0.1, 0.15) is 46.0 Å². The van der Waals surface area contributed by atoms with Gasteiger partial charge in [-0.1, -0.05) is 6.07 Å². The van der Waals surface area contributed by atoms with Crippen LogP contribution in [0.3, 0.4) is 0 Å². The third kappa shape index (κ3) is 7.57. The van der Waals surface area contributed by atoms with Gasteiger partial charge in [0.2, 0.25) is 0 Å². The van der Waals surface area contributed by atoms with Crippen LogP contribution in [0.2, 0.25) is 0 Å². The van der Waals surface area contributed by atoms with Crippen molar-refractivity contribution in [1.29, 1.82) is 5.26 Å². The number of ether oxygens (including phenoxy) is 4. The predicted octanol–water partition coefficient (Wildman–Crippen LogP) is 6.27. The quantitative estimate of drug-likeness (QED) is 0.230. The second-order valence-electron chi connectivity index (χ2n) is 16.8. The molecule has 1 N–H and O–H groups in total. The normalized spacial score (nSPS) is 27.3. The molecule has 6 aliphatic heterocycles. The maximum Gasteiger partial charge on any atom is 0.415 e. The highest BCUT2D eigenvalue weighted by Gasteiger charge is 2.49. The number of hydrogen-bond donors (Lipinski definition) is 1. The number of aromatic nitrogens is 3. The number of halogens is 4. The topological polar surface area (TPSA) is 155 Å². The van der Waals surface area contributed by atoms with Crippen molar-refractivity contribution in [3.05, 3.63) is 47.7 Å². The first-order valence-corrected chi connectivity index (χ1v) is 20.3. The fourth-order valence-corrected chi connectivity index (χ4v) is 9.65. The van der Waals surface area contributed by atoms with E-state index < -0.39 is 53.2 Å². The number of alkyl halides is 2. The minimum atomic E-state index is -1.44. The Bertz CT molecular complexity index is 2410. The Morgan fingerprint density at radius 3 is 2.80 bits per heavy atom. The Kier molecular flexibility index (Phi) is 10.5. The molecule has 2 aromatic heterocycles. The lowest BCUT2D eigenvalue weighted by molar-refractivity contribution is 0.107. The van der Waals surface area contributed by atoms with Crippen LogP contribution in [0, 0.1) is 28.9 Å². The number of nitrogens with one attached hydrogen (secondary N) is 1. The van der Waals surface area contributed by atoms with Gasteiger partial charge in [0.05, 0.1) is 54.8 Å². The summed E-state index contributed by atoms with van der Waals surface area (Å²) in [4.78, 5) is 45.5. The first-order valence-electron chi connectivity index (χ1n) is 20.3. The van der Waals surface area contributed by atoms with Gasteiger partial charge < -0.3 is 34.1 Å². The van der Waals surface area contributed by atoms with E-state index in [0.29, 0.717) is 18.4 Å². The number of aryl methyl sites for hydroxylation is 1. The summed E-state index contributed by atoms with van der Waals surface area (Å²) in [5.74, 6) is -1.99. The number of carbonyl (C=O) groups is 2. The molecule has 14 nitrogen and oxygen atoms in total. The number of fused-ring (bicyclic) bond motifs is 7. The number of hydrogen-bond acceptors (Lipinski definition) is 12. The first-order chi connectivity index (χ1) is 28.9. The van der Waals surface area contributed by atoms with Gasteiger partial charge in [-0.2, -0.15) is 15.2 Å². The smallest absolute Gasteiger partial charge is 0.415 e. The van der Waals surface area contributed by atoms with Gasteiger partial charge in [-0.25, -0.2) is 27.2 Å². The lowest BCUT2D eigenvalue weighted by Gasteiger charge is -2.42. The van der Waals surface area contributed by atoms with Crippen LogP contribution in [0.5, 0.6) is 11.8 Å². The highest BCUT2D eigenvalue weighted by Crippen LogP contribution is 2.43.